The van der Waals surface area contributed by atoms with E-state index in [1.807, 2.05) is 7.05 Å². The molecule has 24 heavy (non-hydrogen) atoms. The second-order valence-electron chi connectivity index (χ2n) is 6.69. The molecule has 1 saturated carbocycles. The first-order valence-electron chi connectivity index (χ1n) is 8.41. The molecule has 0 N–H and O–H groups in total. The molecule has 0 radical (unpaired) electrons. The third-order valence-electron chi connectivity index (χ3n) is 5.08. The first-order valence-corrected chi connectivity index (χ1v) is 8.41. The fourth-order valence-corrected chi connectivity index (χ4v) is 3.49. The molecule has 0 aliphatic heterocycles. The summed E-state index contributed by atoms with van der Waals surface area (Å²) in [6.07, 6.45) is 8.21. The Morgan fingerprint density at radius 1 is 1.17 bits per heavy atom. The van der Waals surface area contributed by atoms with Gasteiger partial charge < -0.3 is 4.52 Å². The van der Waals surface area contributed by atoms with Gasteiger partial charge in [-0.1, -0.05) is 15.6 Å². The van der Waals surface area contributed by atoms with Gasteiger partial charge in [0.05, 0.1) is 23.6 Å². The number of rotatable bonds is 3. The Morgan fingerprint density at radius 2 is 2.08 bits per heavy atom. The van der Waals surface area contributed by atoms with E-state index in [1.165, 1.54) is 25.0 Å². The summed E-state index contributed by atoms with van der Waals surface area (Å²) in [5.41, 5.74) is 3.01. The van der Waals surface area contributed by atoms with Crippen LogP contribution in [0.3, 0.4) is 0 Å². The second-order valence-corrected chi connectivity index (χ2v) is 6.69. The maximum absolute atomic E-state index is 5.51. The minimum atomic E-state index is 0.216. The van der Waals surface area contributed by atoms with Gasteiger partial charge >= 0.3 is 0 Å². The van der Waals surface area contributed by atoms with Crippen LogP contribution < -0.4 is 0 Å². The van der Waals surface area contributed by atoms with Gasteiger partial charge in [-0.15, -0.1) is 10.2 Å². The number of hydrogen-bond acceptors (Lipinski definition) is 7. The molecule has 124 valence electrons. The standard InChI is InChI=1S/C15H18N8O/c1-22-8-12(18-20-22)14-16-15(24-19-14)9-5-6-11-13(7-9)23(21-17-11)10-3-2-4-10/h8-10H,2-7H2,1H3. The van der Waals surface area contributed by atoms with Crippen LogP contribution in [0, 0.1) is 0 Å². The Morgan fingerprint density at radius 3 is 2.83 bits per heavy atom. The highest BCUT2D eigenvalue weighted by Gasteiger charge is 2.32. The lowest BCUT2D eigenvalue weighted by Crippen LogP contribution is -2.23. The van der Waals surface area contributed by atoms with E-state index < -0.39 is 0 Å². The molecule has 3 heterocycles. The number of hydrogen-bond donors (Lipinski definition) is 0. The molecule has 5 rings (SSSR count). The normalized spacial score (nSPS) is 20.8. The van der Waals surface area contributed by atoms with Crippen molar-refractivity contribution in [3.05, 3.63) is 23.5 Å². The topological polar surface area (TPSA) is 100 Å². The van der Waals surface area contributed by atoms with E-state index >= 15 is 0 Å². The Kier molecular flexibility index (Phi) is 3.00. The molecule has 9 heteroatoms. The van der Waals surface area contributed by atoms with Gasteiger partial charge in [-0.2, -0.15) is 4.98 Å². The molecule has 1 fully saturated rings. The Balaban J connectivity index is 1.41. The summed E-state index contributed by atoms with van der Waals surface area (Å²) in [7, 11) is 1.81. The van der Waals surface area contributed by atoms with Gasteiger partial charge in [-0.3, -0.25) is 4.68 Å². The molecule has 1 atom stereocenters. The average Bonchev–Trinajstić information content (AvgIpc) is 3.24. The molecule has 3 aromatic heterocycles. The Bertz CT molecular complexity index is 874. The second kappa shape index (κ2) is 5.22. The zero-order valence-electron chi connectivity index (χ0n) is 13.5. The van der Waals surface area contributed by atoms with Crippen LogP contribution in [0.15, 0.2) is 10.7 Å². The van der Waals surface area contributed by atoms with Gasteiger partial charge in [0.15, 0.2) is 5.69 Å². The average molecular weight is 326 g/mol. The van der Waals surface area contributed by atoms with Crippen molar-refractivity contribution in [3.63, 3.8) is 0 Å². The summed E-state index contributed by atoms with van der Waals surface area (Å²) in [6, 6.07) is 0.526. The van der Waals surface area contributed by atoms with Crippen molar-refractivity contribution in [2.75, 3.05) is 0 Å². The third-order valence-corrected chi connectivity index (χ3v) is 5.08. The van der Waals surface area contributed by atoms with Crippen molar-refractivity contribution in [1.82, 2.24) is 40.1 Å². The SMILES string of the molecule is Cn1cc(-c2noc(C3CCc4nnn(C5CCC5)c4C3)n2)nn1. The molecule has 2 aliphatic carbocycles. The first kappa shape index (κ1) is 13.8. The highest BCUT2D eigenvalue weighted by Crippen LogP contribution is 2.37. The molecule has 0 aromatic carbocycles. The van der Waals surface area contributed by atoms with Crippen molar-refractivity contribution in [3.8, 4) is 11.5 Å². The predicted octanol–water partition coefficient (Wildman–Crippen LogP) is 1.45. The summed E-state index contributed by atoms with van der Waals surface area (Å²) in [6.45, 7) is 0. The number of aryl methyl sites for hydroxylation is 2. The smallest absolute Gasteiger partial charge is 0.230 e. The predicted molar refractivity (Wildman–Crippen MR) is 82.0 cm³/mol. The fourth-order valence-electron chi connectivity index (χ4n) is 3.49. The van der Waals surface area contributed by atoms with Crippen LogP contribution in [0.2, 0.25) is 0 Å². The fraction of sp³-hybridized carbons (Fsp3) is 0.600. The first-order chi connectivity index (χ1) is 11.8. The summed E-state index contributed by atoms with van der Waals surface area (Å²) >= 11 is 0. The lowest BCUT2D eigenvalue weighted by atomic mass is 9.87. The van der Waals surface area contributed by atoms with Crippen LogP contribution in [0.5, 0.6) is 0 Å². The van der Waals surface area contributed by atoms with Crippen molar-refractivity contribution >= 4 is 0 Å². The minimum Gasteiger partial charge on any atom is -0.339 e. The zero-order valence-corrected chi connectivity index (χ0v) is 13.5. The molecule has 0 saturated heterocycles. The van der Waals surface area contributed by atoms with E-state index in [0.29, 0.717) is 23.5 Å². The largest absolute Gasteiger partial charge is 0.339 e. The summed E-state index contributed by atoms with van der Waals surface area (Å²) in [5, 5.41) is 20.8. The van der Waals surface area contributed by atoms with E-state index in [9.17, 15) is 0 Å². The zero-order chi connectivity index (χ0) is 16.1. The molecule has 3 aromatic rings. The van der Waals surface area contributed by atoms with E-state index in [2.05, 4.69) is 35.4 Å². The number of fused-ring (bicyclic) bond motifs is 1. The van der Waals surface area contributed by atoms with E-state index in [1.54, 1.807) is 10.9 Å². The molecule has 0 bridgehead atoms. The van der Waals surface area contributed by atoms with Crippen molar-refractivity contribution in [2.24, 2.45) is 7.05 Å². The van der Waals surface area contributed by atoms with Crippen LogP contribution in [0.25, 0.3) is 11.5 Å². The highest BCUT2D eigenvalue weighted by molar-refractivity contribution is 5.45. The van der Waals surface area contributed by atoms with E-state index in [4.69, 9.17) is 4.52 Å². The third kappa shape index (κ3) is 2.15. The molecule has 0 spiro atoms. The molecule has 9 nitrogen and oxygen atoms in total. The lowest BCUT2D eigenvalue weighted by Gasteiger charge is -2.28. The number of aromatic nitrogens is 8. The number of nitrogens with zero attached hydrogens (tertiary/aromatic N) is 8. The Hall–Kier alpha value is -2.58. The summed E-state index contributed by atoms with van der Waals surface area (Å²) < 4.78 is 9.27. The van der Waals surface area contributed by atoms with Crippen LogP contribution in [-0.2, 0) is 19.9 Å². The maximum Gasteiger partial charge on any atom is 0.230 e. The van der Waals surface area contributed by atoms with Crippen LogP contribution in [0.1, 0.15) is 54.9 Å². The van der Waals surface area contributed by atoms with Gasteiger partial charge in [-0.05, 0) is 32.1 Å². The molecule has 0 amide bonds. The highest BCUT2D eigenvalue weighted by atomic mass is 16.5. The molecular formula is C15H18N8O. The van der Waals surface area contributed by atoms with Gasteiger partial charge in [0.2, 0.25) is 11.7 Å². The summed E-state index contributed by atoms with van der Waals surface area (Å²) in [4.78, 5) is 4.54. The monoisotopic (exact) mass is 326 g/mol. The summed E-state index contributed by atoms with van der Waals surface area (Å²) in [5.74, 6) is 1.38. The molecule has 2 aliphatic rings. The van der Waals surface area contributed by atoms with Gasteiger partial charge in [0, 0.05) is 19.4 Å². The van der Waals surface area contributed by atoms with Gasteiger partial charge in [0.1, 0.15) is 0 Å². The van der Waals surface area contributed by atoms with Crippen molar-refractivity contribution < 1.29 is 4.52 Å². The lowest BCUT2D eigenvalue weighted by molar-refractivity contribution is 0.271. The van der Waals surface area contributed by atoms with E-state index in [-0.39, 0.29) is 5.92 Å². The van der Waals surface area contributed by atoms with E-state index in [0.717, 1.165) is 25.0 Å². The van der Waals surface area contributed by atoms with Crippen molar-refractivity contribution in [2.45, 2.75) is 50.5 Å². The van der Waals surface area contributed by atoms with Gasteiger partial charge in [-0.25, -0.2) is 4.68 Å². The minimum absolute atomic E-state index is 0.216. The van der Waals surface area contributed by atoms with Crippen LogP contribution in [0.4, 0.5) is 0 Å². The van der Waals surface area contributed by atoms with Crippen LogP contribution in [-0.4, -0.2) is 40.1 Å². The van der Waals surface area contributed by atoms with Gasteiger partial charge in [0.25, 0.3) is 0 Å². The van der Waals surface area contributed by atoms with Crippen LogP contribution >= 0.6 is 0 Å². The quantitative estimate of drug-likeness (QED) is 0.718. The van der Waals surface area contributed by atoms with Crippen molar-refractivity contribution in [1.29, 1.82) is 0 Å². The molecule has 1 unspecified atom stereocenters. The Labute approximate surface area is 138 Å². The molecular weight excluding hydrogens is 308 g/mol. The maximum atomic E-state index is 5.51.